The largest absolute Gasteiger partial charge is 0.491 e. The number of rotatable bonds is 4. The van der Waals surface area contributed by atoms with Crippen molar-refractivity contribution in [3.05, 3.63) is 23.9 Å². The minimum Gasteiger partial charge on any atom is -0.491 e. The molecule has 1 aromatic carbocycles. The monoisotopic (exact) mass is 439 g/mol. The lowest BCUT2D eigenvalue weighted by Crippen LogP contribution is -2.44. The van der Waals surface area contributed by atoms with Gasteiger partial charge in [0.1, 0.15) is 30.8 Å². The molecule has 2 aliphatic heterocycles. The van der Waals surface area contributed by atoms with Gasteiger partial charge in [-0.05, 0) is 26.0 Å². The maximum atomic E-state index is 13.4. The number of halogens is 3. The summed E-state index contributed by atoms with van der Waals surface area (Å²) in [5.74, 6) is 0.184. The van der Waals surface area contributed by atoms with Crippen molar-refractivity contribution in [2.75, 3.05) is 23.4 Å². The van der Waals surface area contributed by atoms with Crippen LogP contribution in [0.4, 0.5) is 29.5 Å². The summed E-state index contributed by atoms with van der Waals surface area (Å²) in [6.07, 6.45) is -5.74. The third-order valence-electron chi connectivity index (χ3n) is 5.28. The van der Waals surface area contributed by atoms with Gasteiger partial charge in [-0.25, -0.2) is 14.7 Å². The van der Waals surface area contributed by atoms with Crippen LogP contribution in [0.2, 0.25) is 0 Å². The minimum atomic E-state index is -4.65. The van der Waals surface area contributed by atoms with Gasteiger partial charge in [-0.1, -0.05) is 0 Å². The number of hydrogen-bond acceptors (Lipinski definition) is 6. The number of nitrogens with two attached hydrogens (primary N) is 1. The number of fused-ring (bicyclic) bond motifs is 3. The van der Waals surface area contributed by atoms with Gasteiger partial charge in [0.15, 0.2) is 11.9 Å². The first-order valence-corrected chi connectivity index (χ1v) is 9.51. The van der Waals surface area contributed by atoms with Crippen LogP contribution in [0.25, 0.3) is 11.4 Å². The molecule has 0 saturated carbocycles. The Bertz CT molecular complexity index is 1050. The van der Waals surface area contributed by atoms with Crippen LogP contribution in [0, 0.1) is 6.92 Å². The van der Waals surface area contributed by atoms with Crippen LogP contribution in [-0.4, -0.2) is 53.0 Å². The zero-order valence-corrected chi connectivity index (χ0v) is 16.7. The van der Waals surface area contributed by atoms with E-state index in [-0.39, 0.29) is 12.4 Å². The number of nitrogens with zero attached hydrogens (tertiary/aromatic N) is 3. The third kappa shape index (κ3) is 3.62. The Kier molecular flexibility index (Phi) is 4.94. The lowest BCUT2D eigenvalue weighted by atomic mass is 10.1. The molecule has 0 radical (unpaired) electrons. The standard InChI is InChI=1S/C19H20F3N5O4/c1-9(15(23)28)24-11-3-4-12-13(7-11)30-6-5-26-10(2)16(25-17(12)26)27-14(19(20,21)22)8-31-18(27)29/h3-4,7,9,14,24H,5-6,8H2,1-2H3,(H2,23,28)/t9?,14-/m0/s1. The Morgan fingerprint density at radius 3 is 2.77 bits per heavy atom. The SMILES string of the molecule is Cc1c(N2C(=O)OC[C@H]2C(F)(F)F)nc2n1CCOc1cc(NC(C)C(N)=O)ccc1-2. The summed E-state index contributed by atoms with van der Waals surface area (Å²) < 4.78 is 52.4. The van der Waals surface area contributed by atoms with Gasteiger partial charge in [0.2, 0.25) is 5.91 Å². The Morgan fingerprint density at radius 2 is 2.10 bits per heavy atom. The molecule has 2 atom stereocenters. The smallest absolute Gasteiger partial charge is 0.416 e. The molecule has 1 saturated heterocycles. The highest BCUT2D eigenvalue weighted by Crippen LogP contribution is 2.40. The van der Waals surface area contributed by atoms with E-state index >= 15 is 0 Å². The maximum absolute atomic E-state index is 13.4. The number of imidazole rings is 1. The van der Waals surface area contributed by atoms with E-state index in [9.17, 15) is 22.8 Å². The van der Waals surface area contributed by atoms with Gasteiger partial charge in [0, 0.05) is 11.8 Å². The Labute approximate surface area is 174 Å². The van der Waals surface area contributed by atoms with E-state index in [2.05, 4.69) is 15.0 Å². The first-order chi connectivity index (χ1) is 14.6. The van der Waals surface area contributed by atoms with Gasteiger partial charge < -0.3 is 25.1 Å². The van der Waals surface area contributed by atoms with Crippen LogP contribution in [0.1, 0.15) is 12.6 Å². The molecule has 2 aromatic rings. The van der Waals surface area contributed by atoms with E-state index in [0.717, 1.165) is 0 Å². The molecule has 0 spiro atoms. The molecular formula is C19H20F3N5O4. The maximum Gasteiger partial charge on any atom is 0.416 e. The second kappa shape index (κ2) is 7.36. The van der Waals surface area contributed by atoms with Crippen LogP contribution < -0.4 is 20.7 Å². The molecule has 0 aliphatic carbocycles. The van der Waals surface area contributed by atoms with Crippen LogP contribution in [0.3, 0.4) is 0 Å². The average molecular weight is 439 g/mol. The summed E-state index contributed by atoms with van der Waals surface area (Å²) >= 11 is 0. The van der Waals surface area contributed by atoms with Crippen LogP contribution in [-0.2, 0) is 16.1 Å². The summed E-state index contributed by atoms with van der Waals surface area (Å²) in [6, 6.07) is 2.32. The molecular weight excluding hydrogens is 419 g/mol. The van der Waals surface area contributed by atoms with E-state index in [1.165, 1.54) is 0 Å². The summed E-state index contributed by atoms with van der Waals surface area (Å²) in [5, 5.41) is 2.95. The van der Waals surface area contributed by atoms with Crippen LogP contribution >= 0.6 is 0 Å². The molecule has 2 aliphatic rings. The third-order valence-corrected chi connectivity index (χ3v) is 5.28. The number of nitrogens with one attached hydrogen (secondary N) is 1. The number of aromatic nitrogens is 2. The molecule has 3 heterocycles. The zero-order valence-electron chi connectivity index (χ0n) is 16.7. The number of carbonyl (C=O) groups excluding carboxylic acids is 2. The Hall–Kier alpha value is -3.44. The summed E-state index contributed by atoms with van der Waals surface area (Å²) in [4.78, 5) is 28.3. The van der Waals surface area contributed by atoms with Crippen molar-refractivity contribution in [1.82, 2.24) is 9.55 Å². The normalized spacial score (nSPS) is 19.1. The van der Waals surface area contributed by atoms with Crippen molar-refractivity contribution < 1.29 is 32.2 Å². The molecule has 1 fully saturated rings. The molecule has 4 rings (SSSR count). The summed E-state index contributed by atoms with van der Waals surface area (Å²) in [6.45, 7) is 2.99. The van der Waals surface area contributed by atoms with E-state index in [1.807, 2.05) is 0 Å². The number of primary amides is 1. The topological polar surface area (TPSA) is 112 Å². The highest BCUT2D eigenvalue weighted by Gasteiger charge is 2.53. The first kappa shape index (κ1) is 20.8. The fourth-order valence-electron chi connectivity index (χ4n) is 3.61. The van der Waals surface area contributed by atoms with Crippen molar-refractivity contribution in [3.8, 4) is 17.1 Å². The number of benzene rings is 1. The highest BCUT2D eigenvalue weighted by molar-refractivity contribution is 5.91. The van der Waals surface area contributed by atoms with Crippen molar-refractivity contribution in [3.63, 3.8) is 0 Å². The fraction of sp³-hybridized carbons (Fsp3) is 0.421. The molecule has 2 amide bonds. The number of cyclic esters (lactones) is 1. The molecule has 31 heavy (non-hydrogen) atoms. The zero-order chi connectivity index (χ0) is 22.5. The Balaban J connectivity index is 1.75. The second-order valence-corrected chi connectivity index (χ2v) is 7.33. The first-order valence-electron chi connectivity index (χ1n) is 9.51. The summed E-state index contributed by atoms with van der Waals surface area (Å²) in [7, 11) is 0. The number of anilines is 2. The van der Waals surface area contributed by atoms with Gasteiger partial charge in [0.25, 0.3) is 0 Å². The number of amides is 2. The predicted molar refractivity (Wildman–Crippen MR) is 104 cm³/mol. The number of alkyl halides is 3. The van der Waals surface area contributed by atoms with Crippen LogP contribution in [0.15, 0.2) is 18.2 Å². The minimum absolute atomic E-state index is 0.0998. The van der Waals surface area contributed by atoms with Crippen molar-refractivity contribution >= 4 is 23.5 Å². The van der Waals surface area contributed by atoms with Gasteiger partial charge in [-0.3, -0.25) is 4.79 Å². The van der Waals surface area contributed by atoms with Crippen molar-refractivity contribution in [2.45, 2.75) is 38.7 Å². The quantitative estimate of drug-likeness (QED) is 0.757. The lowest BCUT2D eigenvalue weighted by Gasteiger charge is -2.22. The molecule has 12 heteroatoms. The molecule has 1 unspecified atom stereocenters. The second-order valence-electron chi connectivity index (χ2n) is 7.33. The Morgan fingerprint density at radius 1 is 1.35 bits per heavy atom. The van der Waals surface area contributed by atoms with E-state index in [1.54, 1.807) is 36.6 Å². The number of carbonyl (C=O) groups is 2. The highest BCUT2D eigenvalue weighted by atomic mass is 19.4. The lowest BCUT2D eigenvalue weighted by molar-refractivity contribution is -0.147. The number of hydrogen-bond donors (Lipinski definition) is 2. The predicted octanol–water partition coefficient (Wildman–Crippen LogP) is 2.42. The molecule has 166 valence electrons. The van der Waals surface area contributed by atoms with Gasteiger partial charge >= 0.3 is 12.3 Å². The molecule has 1 aromatic heterocycles. The van der Waals surface area contributed by atoms with E-state index in [0.29, 0.717) is 40.0 Å². The fourth-order valence-corrected chi connectivity index (χ4v) is 3.61. The average Bonchev–Trinajstić information content (AvgIpc) is 3.16. The van der Waals surface area contributed by atoms with Crippen molar-refractivity contribution in [2.24, 2.45) is 5.73 Å². The number of ether oxygens (including phenoxy) is 2. The van der Waals surface area contributed by atoms with Gasteiger partial charge in [-0.15, -0.1) is 0 Å². The van der Waals surface area contributed by atoms with Gasteiger partial charge in [-0.2, -0.15) is 13.2 Å². The summed E-state index contributed by atoms with van der Waals surface area (Å²) in [5.41, 5.74) is 6.79. The van der Waals surface area contributed by atoms with Crippen molar-refractivity contribution in [1.29, 1.82) is 0 Å². The molecule has 3 N–H and O–H groups in total. The van der Waals surface area contributed by atoms with E-state index < -0.39 is 36.9 Å². The van der Waals surface area contributed by atoms with Crippen LogP contribution in [0.5, 0.6) is 5.75 Å². The molecule has 9 nitrogen and oxygen atoms in total. The molecule has 0 bridgehead atoms. The van der Waals surface area contributed by atoms with E-state index in [4.69, 9.17) is 10.5 Å². The van der Waals surface area contributed by atoms with Gasteiger partial charge in [0.05, 0.1) is 17.8 Å².